The number of carbonyl (C=O) groups excluding carboxylic acids is 1. The van der Waals surface area contributed by atoms with E-state index in [1.54, 1.807) is 6.07 Å². The Labute approximate surface area is 99.4 Å². The van der Waals surface area contributed by atoms with Crippen LogP contribution in [0.3, 0.4) is 0 Å². The van der Waals surface area contributed by atoms with Crippen LogP contribution in [-0.4, -0.2) is 24.5 Å². The van der Waals surface area contributed by atoms with Crippen molar-refractivity contribution in [3.8, 4) is 0 Å². The molecule has 2 heterocycles. The van der Waals surface area contributed by atoms with Crippen LogP contribution >= 0.6 is 0 Å². The minimum absolute atomic E-state index is 0.378. The van der Waals surface area contributed by atoms with E-state index < -0.39 is 0 Å². The lowest BCUT2D eigenvalue weighted by atomic mass is 10.1. The van der Waals surface area contributed by atoms with Crippen LogP contribution in [0.1, 0.15) is 22.5 Å². The highest BCUT2D eigenvalue weighted by atomic mass is 16.1. The van der Waals surface area contributed by atoms with Gasteiger partial charge in [-0.15, -0.1) is 0 Å². The van der Waals surface area contributed by atoms with Crippen molar-refractivity contribution in [3.63, 3.8) is 0 Å². The molecule has 17 heavy (non-hydrogen) atoms. The molecule has 4 heteroatoms. The van der Waals surface area contributed by atoms with Crippen molar-refractivity contribution in [3.05, 3.63) is 29.5 Å². The molecule has 1 amide bonds. The number of nitrogens with two attached hydrogens (primary N) is 1. The summed E-state index contributed by atoms with van der Waals surface area (Å²) in [6, 6.07) is 5.70. The summed E-state index contributed by atoms with van der Waals surface area (Å²) in [5.74, 6) is -0.378. The lowest BCUT2D eigenvalue weighted by molar-refractivity contribution is 0.100. The molecule has 0 spiro atoms. The first-order valence-corrected chi connectivity index (χ1v) is 5.83. The summed E-state index contributed by atoms with van der Waals surface area (Å²) in [4.78, 5) is 17.0. The zero-order valence-corrected chi connectivity index (χ0v) is 9.79. The molecule has 0 fully saturated rings. The van der Waals surface area contributed by atoms with Gasteiger partial charge in [0, 0.05) is 24.7 Å². The van der Waals surface area contributed by atoms with Crippen molar-refractivity contribution >= 4 is 22.5 Å². The summed E-state index contributed by atoms with van der Waals surface area (Å²) < 4.78 is 0. The van der Waals surface area contributed by atoms with Gasteiger partial charge in [-0.3, -0.25) is 4.79 Å². The monoisotopic (exact) mass is 229 g/mol. The number of H-pyrrole nitrogens is 1. The van der Waals surface area contributed by atoms with Crippen LogP contribution in [-0.2, 0) is 6.42 Å². The number of amides is 1. The number of para-hydroxylation sites is 1. The molecule has 3 rings (SSSR count). The lowest BCUT2D eigenvalue weighted by Crippen LogP contribution is -2.23. The van der Waals surface area contributed by atoms with Crippen molar-refractivity contribution < 1.29 is 4.79 Å². The van der Waals surface area contributed by atoms with Gasteiger partial charge in [-0.2, -0.15) is 0 Å². The number of fused-ring (bicyclic) bond motifs is 3. The van der Waals surface area contributed by atoms with Gasteiger partial charge in [-0.1, -0.05) is 12.1 Å². The number of hydrogen-bond acceptors (Lipinski definition) is 2. The topological polar surface area (TPSA) is 62.1 Å². The number of aromatic amines is 1. The maximum Gasteiger partial charge on any atom is 0.250 e. The van der Waals surface area contributed by atoms with E-state index in [9.17, 15) is 4.79 Å². The minimum atomic E-state index is -0.378. The molecule has 0 saturated heterocycles. The molecule has 0 atom stereocenters. The summed E-state index contributed by atoms with van der Waals surface area (Å²) >= 11 is 0. The van der Waals surface area contributed by atoms with Crippen LogP contribution < -0.4 is 10.6 Å². The molecule has 2 aromatic rings. The van der Waals surface area contributed by atoms with Gasteiger partial charge in [0.05, 0.1) is 16.8 Å². The highest BCUT2D eigenvalue weighted by Gasteiger charge is 2.21. The fourth-order valence-electron chi connectivity index (χ4n) is 2.68. The third kappa shape index (κ3) is 1.40. The Hall–Kier alpha value is -1.97. The number of benzene rings is 1. The van der Waals surface area contributed by atoms with E-state index in [0.717, 1.165) is 30.3 Å². The SMILES string of the molecule is CN1CCCc2[nH]c3c(C(N)=O)cccc3c21. The average molecular weight is 229 g/mol. The second kappa shape index (κ2) is 3.52. The van der Waals surface area contributed by atoms with E-state index in [1.165, 1.54) is 11.4 Å². The number of anilines is 1. The molecule has 1 aliphatic rings. The highest BCUT2D eigenvalue weighted by molar-refractivity contribution is 6.09. The van der Waals surface area contributed by atoms with Crippen molar-refractivity contribution in [2.75, 3.05) is 18.5 Å². The van der Waals surface area contributed by atoms with Gasteiger partial charge in [0.2, 0.25) is 0 Å². The zero-order chi connectivity index (χ0) is 12.0. The Morgan fingerprint density at radius 2 is 2.29 bits per heavy atom. The van der Waals surface area contributed by atoms with Gasteiger partial charge in [0.15, 0.2) is 0 Å². The molecular formula is C13H15N3O. The molecule has 1 aliphatic heterocycles. The molecule has 3 N–H and O–H groups in total. The maximum atomic E-state index is 11.4. The molecular weight excluding hydrogens is 214 g/mol. The largest absolute Gasteiger partial charge is 0.373 e. The zero-order valence-electron chi connectivity index (χ0n) is 9.79. The fourth-order valence-corrected chi connectivity index (χ4v) is 2.68. The second-order valence-electron chi connectivity index (χ2n) is 4.57. The number of aryl methyl sites for hydroxylation is 1. The van der Waals surface area contributed by atoms with Crippen LogP contribution in [0.15, 0.2) is 18.2 Å². The number of primary amides is 1. The van der Waals surface area contributed by atoms with Gasteiger partial charge in [0.25, 0.3) is 5.91 Å². The summed E-state index contributed by atoms with van der Waals surface area (Å²) in [5.41, 5.74) is 9.28. The Morgan fingerprint density at radius 3 is 3.06 bits per heavy atom. The van der Waals surface area contributed by atoms with E-state index in [0.29, 0.717) is 5.56 Å². The van der Waals surface area contributed by atoms with Crippen molar-refractivity contribution in [1.29, 1.82) is 0 Å². The Balaban J connectivity index is 2.34. The summed E-state index contributed by atoms with van der Waals surface area (Å²) in [6.45, 7) is 1.06. The number of aromatic nitrogens is 1. The van der Waals surface area contributed by atoms with Gasteiger partial charge >= 0.3 is 0 Å². The van der Waals surface area contributed by atoms with E-state index in [4.69, 9.17) is 5.73 Å². The van der Waals surface area contributed by atoms with Crippen LogP contribution in [0.2, 0.25) is 0 Å². The molecule has 0 aliphatic carbocycles. The van der Waals surface area contributed by atoms with Crippen LogP contribution in [0.25, 0.3) is 10.9 Å². The molecule has 0 radical (unpaired) electrons. The van der Waals surface area contributed by atoms with Gasteiger partial charge in [-0.05, 0) is 18.9 Å². The smallest absolute Gasteiger partial charge is 0.250 e. The minimum Gasteiger partial charge on any atom is -0.373 e. The predicted octanol–water partition coefficient (Wildman–Crippen LogP) is 1.65. The van der Waals surface area contributed by atoms with E-state index >= 15 is 0 Å². The second-order valence-corrected chi connectivity index (χ2v) is 4.57. The quantitative estimate of drug-likeness (QED) is 0.781. The Morgan fingerprint density at radius 1 is 1.47 bits per heavy atom. The predicted molar refractivity (Wildman–Crippen MR) is 68.4 cm³/mol. The van der Waals surface area contributed by atoms with E-state index in [1.807, 2.05) is 12.1 Å². The van der Waals surface area contributed by atoms with Crippen molar-refractivity contribution in [1.82, 2.24) is 4.98 Å². The highest BCUT2D eigenvalue weighted by Crippen LogP contribution is 2.35. The first-order chi connectivity index (χ1) is 8.18. The summed E-state index contributed by atoms with van der Waals surface area (Å²) in [6.07, 6.45) is 2.18. The first-order valence-electron chi connectivity index (χ1n) is 5.83. The molecule has 88 valence electrons. The number of hydrogen-bond donors (Lipinski definition) is 2. The molecule has 1 aromatic heterocycles. The number of carbonyl (C=O) groups is 1. The van der Waals surface area contributed by atoms with Crippen molar-refractivity contribution in [2.45, 2.75) is 12.8 Å². The first kappa shape index (κ1) is 10.2. The lowest BCUT2D eigenvalue weighted by Gasteiger charge is -2.24. The van der Waals surface area contributed by atoms with Crippen LogP contribution in [0.5, 0.6) is 0 Å². The standard InChI is InChI=1S/C13H15N3O/c1-16-7-3-6-10-12(16)8-4-2-5-9(13(14)17)11(8)15-10/h2,4-5,15H,3,6-7H2,1H3,(H2,14,17). The molecule has 0 unspecified atom stereocenters. The summed E-state index contributed by atoms with van der Waals surface area (Å²) in [5, 5.41) is 1.10. The summed E-state index contributed by atoms with van der Waals surface area (Å²) in [7, 11) is 2.09. The average Bonchev–Trinajstić information content (AvgIpc) is 2.67. The van der Waals surface area contributed by atoms with Gasteiger partial charge < -0.3 is 15.6 Å². The molecule has 0 saturated carbocycles. The number of nitrogens with zero attached hydrogens (tertiary/aromatic N) is 1. The van der Waals surface area contributed by atoms with Gasteiger partial charge in [-0.25, -0.2) is 0 Å². The van der Waals surface area contributed by atoms with Crippen molar-refractivity contribution in [2.24, 2.45) is 5.73 Å². The number of nitrogens with one attached hydrogen (secondary N) is 1. The molecule has 1 aromatic carbocycles. The normalized spacial score (nSPS) is 15.0. The van der Waals surface area contributed by atoms with E-state index in [-0.39, 0.29) is 5.91 Å². The fraction of sp³-hybridized carbons (Fsp3) is 0.308. The number of rotatable bonds is 1. The van der Waals surface area contributed by atoms with Crippen LogP contribution in [0.4, 0.5) is 5.69 Å². The van der Waals surface area contributed by atoms with Gasteiger partial charge in [0.1, 0.15) is 0 Å². The Bertz CT molecular complexity index is 600. The third-order valence-electron chi connectivity index (χ3n) is 3.45. The maximum absolute atomic E-state index is 11.4. The molecule has 4 nitrogen and oxygen atoms in total. The third-order valence-corrected chi connectivity index (χ3v) is 3.45. The van der Waals surface area contributed by atoms with E-state index in [2.05, 4.69) is 16.9 Å². The van der Waals surface area contributed by atoms with Crippen LogP contribution in [0, 0.1) is 0 Å². The Kier molecular flexibility index (Phi) is 2.11. The molecule has 0 bridgehead atoms.